The van der Waals surface area contributed by atoms with Crippen LogP contribution in [0.3, 0.4) is 0 Å². The molecule has 2 rings (SSSR count). The molecule has 19 heavy (non-hydrogen) atoms. The van der Waals surface area contributed by atoms with Crippen molar-refractivity contribution in [3.05, 3.63) is 65.2 Å². The van der Waals surface area contributed by atoms with Gasteiger partial charge in [-0.3, -0.25) is 4.79 Å². The molecule has 0 aliphatic rings. The molecule has 98 valence electrons. The maximum absolute atomic E-state index is 12.1. The van der Waals surface area contributed by atoms with Crippen LogP contribution in [-0.2, 0) is 11.8 Å². The second-order valence-electron chi connectivity index (χ2n) is 4.34. The first-order chi connectivity index (χ1) is 9.22. The van der Waals surface area contributed by atoms with Crippen molar-refractivity contribution >= 4 is 27.5 Å². The Kier molecular flexibility index (Phi) is 4.74. The van der Waals surface area contributed by atoms with Crippen molar-refractivity contribution in [3.8, 4) is 0 Å². The van der Waals surface area contributed by atoms with E-state index in [0.717, 1.165) is 23.0 Å². The number of hydrogen-bond donors (Lipinski definition) is 1. The Bertz CT molecular complexity index is 563. The zero-order chi connectivity index (χ0) is 13.7. The molecule has 1 amide bonds. The summed E-state index contributed by atoms with van der Waals surface area (Å²) in [5.41, 5.74) is 3.89. The summed E-state index contributed by atoms with van der Waals surface area (Å²) < 4.78 is 0. The Labute approximate surface area is 122 Å². The Morgan fingerprint density at radius 3 is 2.47 bits per heavy atom. The van der Waals surface area contributed by atoms with Crippen LogP contribution < -0.4 is 5.32 Å². The molecule has 0 atom stereocenters. The van der Waals surface area contributed by atoms with Gasteiger partial charge in [-0.05, 0) is 41.8 Å². The Morgan fingerprint density at radius 2 is 1.84 bits per heavy atom. The van der Waals surface area contributed by atoms with E-state index >= 15 is 0 Å². The largest absolute Gasteiger partial charge is 0.322 e. The number of halogens is 1. The van der Waals surface area contributed by atoms with Crippen LogP contribution in [0.5, 0.6) is 0 Å². The summed E-state index contributed by atoms with van der Waals surface area (Å²) in [5.74, 6) is -0.0747. The lowest BCUT2D eigenvalue weighted by Gasteiger charge is -2.07. The van der Waals surface area contributed by atoms with Crippen LogP contribution in [0.1, 0.15) is 28.4 Å². The molecule has 0 aliphatic heterocycles. The van der Waals surface area contributed by atoms with Gasteiger partial charge in [0.25, 0.3) is 5.91 Å². The molecule has 3 heteroatoms. The van der Waals surface area contributed by atoms with Gasteiger partial charge < -0.3 is 5.32 Å². The van der Waals surface area contributed by atoms with E-state index in [0.29, 0.717) is 5.56 Å². The molecule has 0 unspecified atom stereocenters. The van der Waals surface area contributed by atoms with Gasteiger partial charge >= 0.3 is 0 Å². The van der Waals surface area contributed by atoms with Crippen molar-refractivity contribution in [3.63, 3.8) is 0 Å². The number of alkyl halides is 1. The molecule has 0 aromatic heterocycles. The van der Waals surface area contributed by atoms with E-state index in [1.807, 2.05) is 42.5 Å². The highest BCUT2D eigenvalue weighted by atomic mass is 79.9. The fourth-order valence-corrected chi connectivity index (χ4v) is 2.19. The maximum Gasteiger partial charge on any atom is 0.255 e. The summed E-state index contributed by atoms with van der Waals surface area (Å²) in [6, 6.07) is 15.5. The van der Waals surface area contributed by atoms with Gasteiger partial charge in [0, 0.05) is 16.6 Å². The van der Waals surface area contributed by atoms with Gasteiger partial charge in [0.15, 0.2) is 0 Å². The summed E-state index contributed by atoms with van der Waals surface area (Å²) in [6.07, 6.45) is 0.962. The number of carbonyl (C=O) groups is 1. The molecule has 0 radical (unpaired) electrons. The van der Waals surface area contributed by atoms with E-state index in [1.54, 1.807) is 0 Å². The summed E-state index contributed by atoms with van der Waals surface area (Å²) in [5, 5.41) is 3.72. The highest BCUT2D eigenvalue weighted by Gasteiger charge is 2.06. The third-order valence-electron chi connectivity index (χ3n) is 2.96. The monoisotopic (exact) mass is 317 g/mol. The molecule has 0 saturated heterocycles. The standard InChI is InChI=1S/C16H16BrNO/c1-2-12-4-3-5-15(10-12)18-16(19)14-8-6-13(11-17)7-9-14/h3-10H,2,11H2,1H3,(H,18,19). The van der Waals surface area contributed by atoms with Crippen molar-refractivity contribution in [2.24, 2.45) is 0 Å². The maximum atomic E-state index is 12.1. The van der Waals surface area contributed by atoms with E-state index in [2.05, 4.69) is 34.2 Å². The van der Waals surface area contributed by atoms with Crippen LogP contribution in [0.2, 0.25) is 0 Å². The van der Waals surface area contributed by atoms with Crippen LogP contribution in [0.25, 0.3) is 0 Å². The highest BCUT2D eigenvalue weighted by Crippen LogP contribution is 2.14. The number of anilines is 1. The molecule has 0 heterocycles. The van der Waals surface area contributed by atoms with Gasteiger partial charge in [0.1, 0.15) is 0 Å². The van der Waals surface area contributed by atoms with Gasteiger partial charge in [-0.2, -0.15) is 0 Å². The zero-order valence-corrected chi connectivity index (χ0v) is 12.4. The first kappa shape index (κ1) is 13.8. The quantitative estimate of drug-likeness (QED) is 0.832. The van der Waals surface area contributed by atoms with Crippen molar-refractivity contribution in [2.45, 2.75) is 18.7 Å². The fourth-order valence-electron chi connectivity index (χ4n) is 1.82. The van der Waals surface area contributed by atoms with Gasteiger partial charge in [-0.15, -0.1) is 0 Å². The smallest absolute Gasteiger partial charge is 0.255 e. The molecule has 1 N–H and O–H groups in total. The van der Waals surface area contributed by atoms with Crippen molar-refractivity contribution in [1.82, 2.24) is 0 Å². The predicted molar refractivity (Wildman–Crippen MR) is 82.8 cm³/mol. The lowest BCUT2D eigenvalue weighted by Crippen LogP contribution is -2.11. The number of rotatable bonds is 4. The molecule has 0 spiro atoms. The molecule has 2 nitrogen and oxygen atoms in total. The number of carbonyl (C=O) groups excluding carboxylic acids is 1. The fraction of sp³-hybridized carbons (Fsp3) is 0.188. The van der Waals surface area contributed by atoms with E-state index in [9.17, 15) is 4.79 Å². The molecule has 0 bridgehead atoms. The summed E-state index contributed by atoms with van der Waals surface area (Å²) in [4.78, 5) is 12.1. The average molecular weight is 318 g/mol. The second-order valence-corrected chi connectivity index (χ2v) is 4.90. The second kappa shape index (κ2) is 6.53. The minimum Gasteiger partial charge on any atom is -0.322 e. The molecule has 0 saturated carbocycles. The molecule has 2 aromatic rings. The molecule has 2 aromatic carbocycles. The minimum atomic E-state index is -0.0747. The van der Waals surface area contributed by atoms with Crippen molar-refractivity contribution in [2.75, 3.05) is 5.32 Å². The lowest BCUT2D eigenvalue weighted by molar-refractivity contribution is 0.102. The van der Waals surface area contributed by atoms with E-state index in [4.69, 9.17) is 0 Å². The van der Waals surface area contributed by atoms with E-state index in [1.165, 1.54) is 5.56 Å². The van der Waals surface area contributed by atoms with Crippen LogP contribution in [0.4, 0.5) is 5.69 Å². The topological polar surface area (TPSA) is 29.1 Å². The Morgan fingerprint density at radius 1 is 1.11 bits per heavy atom. The first-order valence-corrected chi connectivity index (χ1v) is 7.40. The van der Waals surface area contributed by atoms with Gasteiger partial charge in [-0.25, -0.2) is 0 Å². The van der Waals surface area contributed by atoms with Crippen LogP contribution in [0, 0.1) is 0 Å². The van der Waals surface area contributed by atoms with E-state index < -0.39 is 0 Å². The van der Waals surface area contributed by atoms with Gasteiger partial charge in [0.05, 0.1) is 0 Å². The number of amides is 1. The van der Waals surface area contributed by atoms with Crippen LogP contribution in [-0.4, -0.2) is 5.91 Å². The predicted octanol–water partition coefficient (Wildman–Crippen LogP) is 4.40. The van der Waals surface area contributed by atoms with Crippen LogP contribution >= 0.6 is 15.9 Å². The third kappa shape index (κ3) is 3.67. The van der Waals surface area contributed by atoms with Crippen molar-refractivity contribution in [1.29, 1.82) is 0 Å². The molecule has 0 fully saturated rings. The zero-order valence-electron chi connectivity index (χ0n) is 10.8. The summed E-state index contributed by atoms with van der Waals surface area (Å²) >= 11 is 3.39. The summed E-state index contributed by atoms with van der Waals surface area (Å²) in [6.45, 7) is 2.10. The molecule has 0 aliphatic carbocycles. The van der Waals surface area contributed by atoms with Gasteiger partial charge in [-0.1, -0.05) is 47.1 Å². The van der Waals surface area contributed by atoms with Crippen molar-refractivity contribution < 1.29 is 4.79 Å². The number of nitrogens with one attached hydrogen (secondary N) is 1. The Hall–Kier alpha value is -1.61. The SMILES string of the molecule is CCc1cccc(NC(=O)c2ccc(CBr)cc2)c1. The van der Waals surface area contributed by atoms with Gasteiger partial charge in [0.2, 0.25) is 0 Å². The highest BCUT2D eigenvalue weighted by molar-refractivity contribution is 9.08. The molecular formula is C16H16BrNO. The summed E-state index contributed by atoms with van der Waals surface area (Å²) in [7, 11) is 0. The first-order valence-electron chi connectivity index (χ1n) is 6.28. The third-order valence-corrected chi connectivity index (χ3v) is 3.61. The van der Waals surface area contributed by atoms with E-state index in [-0.39, 0.29) is 5.91 Å². The van der Waals surface area contributed by atoms with Crippen LogP contribution in [0.15, 0.2) is 48.5 Å². The normalized spacial score (nSPS) is 10.2. The lowest BCUT2D eigenvalue weighted by atomic mass is 10.1. The number of benzene rings is 2. The Balaban J connectivity index is 2.11. The average Bonchev–Trinajstić information content (AvgIpc) is 2.47. The number of aryl methyl sites for hydroxylation is 1. The minimum absolute atomic E-state index is 0.0747. The number of hydrogen-bond acceptors (Lipinski definition) is 1. The molecular weight excluding hydrogens is 302 g/mol.